The van der Waals surface area contributed by atoms with Gasteiger partial charge in [0.05, 0.1) is 26.2 Å². The Balaban J connectivity index is 1.32. The van der Waals surface area contributed by atoms with Crippen LogP contribution in [-0.2, 0) is 67.3 Å². The van der Waals surface area contributed by atoms with Crippen LogP contribution in [0.4, 0.5) is 0 Å². The molecule has 1 aromatic heterocycles. The van der Waals surface area contributed by atoms with Gasteiger partial charge in [0.25, 0.3) is 0 Å². The molecule has 5 atom stereocenters. The van der Waals surface area contributed by atoms with E-state index >= 15 is 0 Å². The van der Waals surface area contributed by atoms with E-state index in [1.54, 1.807) is 30.5 Å². The number of hydrogen-bond acceptors (Lipinski definition) is 11. The molecule has 392 valence electrons. The third-order valence-electron chi connectivity index (χ3n) is 11.3. The van der Waals surface area contributed by atoms with Gasteiger partial charge in [-0.1, -0.05) is 78.9 Å². The highest BCUT2D eigenvalue weighted by molar-refractivity contribution is 5.96. The third kappa shape index (κ3) is 21.3. The number of guanidine groups is 1. The van der Waals surface area contributed by atoms with Crippen LogP contribution in [-0.4, -0.2) is 121 Å². The Kier molecular flexibility index (Phi) is 23.8. The molecule has 23 nitrogen and oxygen atoms in total. The second-order valence-electron chi connectivity index (χ2n) is 17.2. The van der Waals surface area contributed by atoms with E-state index in [1.807, 2.05) is 60.7 Å². The van der Waals surface area contributed by atoms with Crippen LogP contribution in [0.1, 0.15) is 68.6 Å². The molecule has 0 aliphatic carbocycles. The fraction of sp³-hybridized carbons (Fsp3) is 0.400. The van der Waals surface area contributed by atoms with Crippen LogP contribution in [0.25, 0.3) is 10.9 Å². The van der Waals surface area contributed by atoms with Gasteiger partial charge in [0.2, 0.25) is 53.2 Å². The summed E-state index contributed by atoms with van der Waals surface area (Å²) in [5.41, 5.74) is 25.0. The molecule has 0 saturated heterocycles. The molecule has 0 bridgehead atoms. The molecule has 23 heteroatoms. The molecular weight excluding hydrogens is 943 g/mol. The molecule has 16 N–H and O–H groups in total. The first-order valence-electron chi connectivity index (χ1n) is 23.8. The van der Waals surface area contributed by atoms with Crippen molar-refractivity contribution in [1.82, 2.24) is 42.2 Å². The zero-order valence-corrected chi connectivity index (χ0v) is 40.8. The predicted octanol–water partition coefficient (Wildman–Crippen LogP) is -1.18. The number of nitrogens with zero attached hydrogens (tertiary/aromatic N) is 1. The number of H-pyrrole nitrogens is 1. The van der Waals surface area contributed by atoms with E-state index in [2.05, 4.69) is 47.2 Å². The summed E-state index contributed by atoms with van der Waals surface area (Å²) in [7, 11) is 0. The summed E-state index contributed by atoms with van der Waals surface area (Å²) in [6.07, 6.45) is 2.33. The number of benzene rings is 3. The lowest BCUT2D eigenvalue weighted by molar-refractivity contribution is -0.132. The molecule has 0 radical (unpaired) electrons. The van der Waals surface area contributed by atoms with Crippen molar-refractivity contribution in [3.05, 3.63) is 108 Å². The van der Waals surface area contributed by atoms with Crippen molar-refractivity contribution in [2.24, 2.45) is 27.9 Å². The Morgan fingerprint density at radius 3 is 1.86 bits per heavy atom. The predicted molar refractivity (Wildman–Crippen MR) is 271 cm³/mol. The summed E-state index contributed by atoms with van der Waals surface area (Å²) in [5, 5.41) is 18.9. The first kappa shape index (κ1) is 57.2. The summed E-state index contributed by atoms with van der Waals surface area (Å²) in [4.78, 5) is 123. The van der Waals surface area contributed by atoms with E-state index < -0.39 is 96.3 Å². The van der Waals surface area contributed by atoms with Crippen molar-refractivity contribution in [1.29, 1.82) is 0 Å². The van der Waals surface area contributed by atoms with Crippen LogP contribution in [0.2, 0.25) is 0 Å². The molecular formula is C50H67N13O10. The van der Waals surface area contributed by atoms with Gasteiger partial charge in [-0.15, -0.1) is 0 Å². The molecule has 3 aromatic carbocycles. The number of fused-ring (bicyclic) bond motifs is 1. The summed E-state index contributed by atoms with van der Waals surface area (Å²) in [6, 6.07) is 19.9. The van der Waals surface area contributed by atoms with Gasteiger partial charge in [0.15, 0.2) is 5.96 Å². The smallest absolute Gasteiger partial charge is 0.243 e. The average Bonchev–Trinajstić information content (AvgIpc) is 3.77. The zero-order valence-electron chi connectivity index (χ0n) is 40.8. The minimum atomic E-state index is -1.41. The van der Waals surface area contributed by atoms with Crippen molar-refractivity contribution in [2.75, 3.05) is 26.2 Å². The number of primary amides is 2. The lowest BCUT2D eigenvalue weighted by Crippen LogP contribution is -2.55. The van der Waals surface area contributed by atoms with Crippen LogP contribution in [0.5, 0.6) is 0 Å². The topological polar surface area (TPSA) is 379 Å². The first-order valence-corrected chi connectivity index (χ1v) is 23.8. The number of carbonyl (C=O) groups is 9. The maximum absolute atomic E-state index is 14.0. The Labute approximate surface area is 422 Å². The van der Waals surface area contributed by atoms with E-state index in [4.69, 9.17) is 27.7 Å². The number of para-hydroxylation sites is 1. The number of aromatic amines is 1. The lowest BCUT2D eigenvalue weighted by atomic mass is 10.0. The number of nitrogens with two attached hydrogens (primary N) is 4. The zero-order chi connectivity index (χ0) is 53.1. The minimum absolute atomic E-state index is 0.0173. The van der Waals surface area contributed by atoms with Gasteiger partial charge in [-0.05, 0) is 54.9 Å². The van der Waals surface area contributed by atoms with Crippen molar-refractivity contribution < 1.29 is 47.9 Å². The van der Waals surface area contributed by atoms with Gasteiger partial charge in [-0.3, -0.25) is 48.1 Å². The molecule has 1 heterocycles. The van der Waals surface area contributed by atoms with Crippen LogP contribution in [0.3, 0.4) is 0 Å². The number of carbonyl (C=O) groups excluding carboxylic acids is 9. The van der Waals surface area contributed by atoms with Gasteiger partial charge < -0.3 is 69.9 Å². The van der Waals surface area contributed by atoms with Crippen molar-refractivity contribution in [2.45, 2.75) is 102 Å². The largest absolute Gasteiger partial charge is 0.376 e. The summed E-state index contributed by atoms with van der Waals surface area (Å²) in [5.74, 6) is -6.40. The van der Waals surface area contributed by atoms with E-state index in [-0.39, 0.29) is 64.2 Å². The summed E-state index contributed by atoms with van der Waals surface area (Å²) >= 11 is 0. The standard InChI is InChI=1S/C50H67N13O10/c1-31(64)59-38(20-12-23-56-50(53)54)48(71)63-39(46(52)69)27-43(66)55-22-11-10-19-37(45(51)68)62-49(72)41(26-34-28-57-36-18-9-8-17-35(34)36)61-44(67)29-58-47(70)40(25-32-13-4-2-5-14-32)60-42(65)21-24-73-30-33-15-6-3-7-16-33/h2-9,13-18,28,37-41,57H,10-12,19-27,29-30H2,1H3,(H2,51,68)(H2,52,69)(H,55,66)(H,58,70)(H,59,64)(H,60,65)(H,61,67)(H,62,72)(H,63,71)(H4,53,54,56)/t37?,38-,39?,40?,41-/m0/s1. The van der Waals surface area contributed by atoms with E-state index in [0.29, 0.717) is 25.0 Å². The number of hydrogen-bond donors (Lipinski definition) is 12. The number of unbranched alkanes of at least 4 members (excludes halogenated alkanes) is 1. The molecule has 9 amide bonds. The normalized spacial score (nSPS) is 12.9. The minimum Gasteiger partial charge on any atom is -0.376 e. The molecule has 0 aliphatic heterocycles. The third-order valence-corrected chi connectivity index (χ3v) is 11.3. The summed E-state index contributed by atoms with van der Waals surface area (Å²) < 4.78 is 5.65. The number of rotatable bonds is 32. The van der Waals surface area contributed by atoms with Gasteiger partial charge in [-0.25, -0.2) is 0 Å². The fourth-order valence-corrected chi connectivity index (χ4v) is 7.55. The number of nitrogens with one attached hydrogen (secondary N) is 8. The van der Waals surface area contributed by atoms with Crippen molar-refractivity contribution in [3.63, 3.8) is 0 Å². The van der Waals surface area contributed by atoms with Crippen LogP contribution >= 0.6 is 0 Å². The lowest BCUT2D eigenvalue weighted by Gasteiger charge is -2.23. The number of ether oxygens (including phenoxy) is 1. The molecule has 3 unspecified atom stereocenters. The Bertz CT molecular complexity index is 2520. The average molecular weight is 1010 g/mol. The molecule has 0 saturated carbocycles. The Morgan fingerprint density at radius 2 is 1.19 bits per heavy atom. The van der Waals surface area contributed by atoms with Gasteiger partial charge in [0.1, 0.15) is 30.2 Å². The van der Waals surface area contributed by atoms with Crippen molar-refractivity contribution >= 4 is 70.0 Å². The highest BCUT2D eigenvalue weighted by Crippen LogP contribution is 2.19. The van der Waals surface area contributed by atoms with E-state index in [0.717, 1.165) is 22.0 Å². The number of amides is 9. The molecule has 73 heavy (non-hydrogen) atoms. The van der Waals surface area contributed by atoms with E-state index in [9.17, 15) is 43.2 Å². The Hall–Kier alpha value is -8.34. The molecule has 0 fully saturated rings. The SMILES string of the molecule is CC(=O)N[C@@H](CCCN=C(N)N)C(=O)NC(CC(=O)NCCCCC(NC(=O)[C@H](Cc1c[nH]c2ccccc12)NC(=O)CNC(=O)C(Cc1ccccc1)NC(=O)CCOCc1ccccc1)C(N)=O)C(N)=O. The molecule has 4 aromatic rings. The second kappa shape index (κ2) is 30.4. The molecule has 0 aliphatic rings. The van der Waals surface area contributed by atoms with Gasteiger partial charge >= 0.3 is 0 Å². The maximum atomic E-state index is 14.0. The Morgan fingerprint density at radius 1 is 0.589 bits per heavy atom. The fourth-order valence-electron chi connectivity index (χ4n) is 7.55. The van der Waals surface area contributed by atoms with Gasteiger partial charge in [0, 0.05) is 56.4 Å². The number of aliphatic imine (C=N–C) groups is 1. The summed E-state index contributed by atoms with van der Waals surface area (Å²) in [6.45, 7) is 1.33. The van der Waals surface area contributed by atoms with E-state index in [1.165, 1.54) is 6.92 Å². The van der Waals surface area contributed by atoms with Crippen LogP contribution in [0, 0.1) is 0 Å². The molecule has 4 rings (SSSR count). The van der Waals surface area contributed by atoms with Crippen molar-refractivity contribution in [3.8, 4) is 0 Å². The molecule has 0 spiro atoms. The highest BCUT2D eigenvalue weighted by Gasteiger charge is 2.29. The second-order valence-corrected chi connectivity index (χ2v) is 17.2. The maximum Gasteiger partial charge on any atom is 0.243 e. The first-order chi connectivity index (χ1) is 35.0. The van der Waals surface area contributed by atoms with Gasteiger partial charge in [-0.2, -0.15) is 0 Å². The van der Waals surface area contributed by atoms with Crippen LogP contribution in [0.15, 0.2) is 96.1 Å². The quantitative estimate of drug-likeness (QED) is 0.0156. The number of aromatic nitrogens is 1. The highest BCUT2D eigenvalue weighted by atomic mass is 16.5. The van der Waals surface area contributed by atoms with Crippen LogP contribution < -0.4 is 60.2 Å². The monoisotopic (exact) mass is 1010 g/mol.